The second-order valence-electron chi connectivity index (χ2n) is 6.01. The number of benzene rings is 2. The molecule has 0 radical (unpaired) electrons. The van der Waals surface area contributed by atoms with Gasteiger partial charge in [0, 0.05) is 10.7 Å². The van der Waals surface area contributed by atoms with Crippen LogP contribution in [0.3, 0.4) is 0 Å². The summed E-state index contributed by atoms with van der Waals surface area (Å²) in [4.78, 5) is 11.8. The van der Waals surface area contributed by atoms with Crippen LogP contribution in [0.25, 0.3) is 11.0 Å². The van der Waals surface area contributed by atoms with E-state index in [1.165, 1.54) is 18.0 Å². The molecule has 0 spiro atoms. The van der Waals surface area contributed by atoms with Crippen LogP contribution in [0.15, 0.2) is 60.9 Å². The van der Waals surface area contributed by atoms with Gasteiger partial charge in [-0.3, -0.25) is 0 Å². The minimum Gasteiger partial charge on any atom is -0.343 e. The fraction of sp³-hybridized carbons (Fsp3) is 0.100. The van der Waals surface area contributed by atoms with Gasteiger partial charge >= 0.3 is 0 Å². The number of aromatic nitrogens is 3. The van der Waals surface area contributed by atoms with Crippen molar-refractivity contribution >= 4 is 34.1 Å². The summed E-state index contributed by atoms with van der Waals surface area (Å²) in [6.45, 7) is 0. The largest absolute Gasteiger partial charge is 0.343 e. The Kier molecular flexibility index (Phi) is 4.54. The quantitative estimate of drug-likeness (QED) is 0.505. The molecule has 4 nitrogen and oxygen atoms in total. The van der Waals surface area contributed by atoms with Gasteiger partial charge in [0.05, 0.1) is 11.1 Å². The zero-order valence-corrected chi connectivity index (χ0v) is 14.6. The highest BCUT2D eigenvalue weighted by Crippen LogP contribution is 2.27. The molecule has 0 amide bonds. The molecule has 0 aliphatic heterocycles. The lowest BCUT2D eigenvalue weighted by Crippen LogP contribution is -1.97. The summed E-state index contributed by atoms with van der Waals surface area (Å²) in [5.41, 5.74) is 3.38. The molecule has 0 atom stereocenters. The van der Waals surface area contributed by atoms with Crippen LogP contribution in [0.2, 0.25) is 5.02 Å². The molecule has 0 bridgehead atoms. The lowest BCUT2D eigenvalue weighted by Gasteiger charge is -2.07. The van der Waals surface area contributed by atoms with E-state index in [1.807, 2.05) is 24.3 Å². The van der Waals surface area contributed by atoms with Crippen molar-refractivity contribution in [2.45, 2.75) is 12.8 Å². The van der Waals surface area contributed by atoms with Crippen LogP contribution in [0, 0.1) is 5.82 Å². The summed E-state index contributed by atoms with van der Waals surface area (Å²) in [5, 5.41) is 4.20. The molecule has 0 saturated carbocycles. The molecule has 2 heterocycles. The second-order valence-corrected chi connectivity index (χ2v) is 6.45. The maximum atomic E-state index is 14.1. The van der Waals surface area contributed by atoms with Gasteiger partial charge in [0.2, 0.25) is 0 Å². The average Bonchev–Trinajstić information content (AvgIpc) is 3.07. The Hall–Kier alpha value is -2.92. The lowest BCUT2D eigenvalue weighted by atomic mass is 10.1. The van der Waals surface area contributed by atoms with Gasteiger partial charge in [0.15, 0.2) is 0 Å². The van der Waals surface area contributed by atoms with Crippen molar-refractivity contribution in [1.29, 1.82) is 0 Å². The molecular formula is C20H16ClFN4. The molecular weight excluding hydrogens is 351 g/mol. The number of nitrogens with zero attached hydrogens (tertiary/aromatic N) is 2. The molecule has 0 fully saturated rings. The summed E-state index contributed by atoms with van der Waals surface area (Å²) in [6, 6.07) is 16.8. The number of nitrogens with one attached hydrogen (secondary N) is 2. The first-order valence-electron chi connectivity index (χ1n) is 8.27. The van der Waals surface area contributed by atoms with E-state index in [9.17, 15) is 4.39 Å². The third-order valence-electron chi connectivity index (χ3n) is 4.19. The number of aryl methyl sites for hydroxylation is 2. The van der Waals surface area contributed by atoms with Crippen molar-refractivity contribution in [3.05, 3.63) is 83.0 Å². The standard InChI is InChI=1S/C20H16ClFN4/c21-14-7-9-18(17(22)10-14)26-20-16-11-15(25-19(16)23-12-24-20)8-6-13-4-2-1-3-5-13/h1-5,7,9-12H,6,8H2,(H2,23,24,25,26). The lowest BCUT2D eigenvalue weighted by molar-refractivity contribution is 0.632. The third kappa shape index (κ3) is 3.53. The van der Waals surface area contributed by atoms with Gasteiger partial charge in [0.1, 0.15) is 23.6 Å². The van der Waals surface area contributed by atoms with E-state index in [2.05, 4.69) is 32.4 Å². The second kappa shape index (κ2) is 7.14. The summed E-state index contributed by atoms with van der Waals surface area (Å²) in [5.74, 6) is 0.127. The number of aromatic amines is 1. The number of rotatable bonds is 5. The van der Waals surface area contributed by atoms with Crippen molar-refractivity contribution in [1.82, 2.24) is 15.0 Å². The van der Waals surface area contributed by atoms with Crippen LogP contribution in [-0.4, -0.2) is 15.0 Å². The Labute approximate surface area is 155 Å². The van der Waals surface area contributed by atoms with Crippen LogP contribution in [0.1, 0.15) is 11.3 Å². The summed E-state index contributed by atoms with van der Waals surface area (Å²) >= 11 is 5.81. The van der Waals surface area contributed by atoms with Crippen molar-refractivity contribution in [3.63, 3.8) is 0 Å². The first-order valence-corrected chi connectivity index (χ1v) is 8.65. The van der Waals surface area contributed by atoms with Crippen LogP contribution >= 0.6 is 11.6 Å². The zero-order valence-electron chi connectivity index (χ0n) is 13.8. The molecule has 2 aromatic heterocycles. The van der Waals surface area contributed by atoms with Crippen molar-refractivity contribution in [3.8, 4) is 0 Å². The van der Waals surface area contributed by atoms with E-state index in [0.717, 1.165) is 29.6 Å². The van der Waals surface area contributed by atoms with Crippen molar-refractivity contribution < 1.29 is 4.39 Å². The molecule has 2 aromatic carbocycles. The SMILES string of the molecule is Fc1cc(Cl)ccc1Nc1ncnc2[nH]c(CCc3ccccc3)cc12. The van der Waals surface area contributed by atoms with E-state index in [-0.39, 0.29) is 0 Å². The molecule has 0 unspecified atom stereocenters. The van der Waals surface area contributed by atoms with E-state index in [0.29, 0.717) is 16.5 Å². The average molecular weight is 367 g/mol. The first-order chi connectivity index (χ1) is 12.7. The van der Waals surface area contributed by atoms with Gasteiger partial charge in [-0.25, -0.2) is 14.4 Å². The maximum absolute atomic E-state index is 14.1. The molecule has 26 heavy (non-hydrogen) atoms. The van der Waals surface area contributed by atoms with Crippen molar-refractivity contribution in [2.24, 2.45) is 0 Å². The molecule has 0 aliphatic rings. The molecule has 0 saturated heterocycles. The molecule has 0 aliphatic carbocycles. The van der Waals surface area contributed by atoms with Crippen LogP contribution in [-0.2, 0) is 12.8 Å². The Bertz CT molecular complexity index is 1050. The smallest absolute Gasteiger partial charge is 0.148 e. The number of fused-ring (bicyclic) bond motifs is 1. The number of hydrogen-bond acceptors (Lipinski definition) is 3. The Morgan fingerprint density at radius 1 is 1.00 bits per heavy atom. The molecule has 4 rings (SSSR count). The molecule has 6 heteroatoms. The first kappa shape index (κ1) is 16.5. The van der Waals surface area contributed by atoms with E-state index < -0.39 is 5.82 Å². The van der Waals surface area contributed by atoms with Crippen LogP contribution < -0.4 is 5.32 Å². The van der Waals surface area contributed by atoms with Gasteiger partial charge in [-0.05, 0) is 42.7 Å². The zero-order chi connectivity index (χ0) is 17.9. The molecule has 130 valence electrons. The minimum absolute atomic E-state index is 0.321. The highest BCUT2D eigenvalue weighted by atomic mass is 35.5. The molecule has 2 N–H and O–H groups in total. The predicted molar refractivity (Wildman–Crippen MR) is 102 cm³/mol. The maximum Gasteiger partial charge on any atom is 0.148 e. The van der Waals surface area contributed by atoms with Gasteiger partial charge < -0.3 is 10.3 Å². The number of hydrogen-bond donors (Lipinski definition) is 2. The normalized spacial score (nSPS) is 11.0. The Balaban J connectivity index is 1.59. The predicted octanol–water partition coefficient (Wildman–Crippen LogP) is 5.28. The van der Waals surface area contributed by atoms with Crippen LogP contribution in [0.5, 0.6) is 0 Å². The summed E-state index contributed by atoms with van der Waals surface area (Å²) < 4.78 is 14.1. The van der Waals surface area contributed by atoms with Gasteiger partial charge in [-0.15, -0.1) is 0 Å². The minimum atomic E-state index is -0.427. The van der Waals surface area contributed by atoms with Crippen LogP contribution in [0.4, 0.5) is 15.9 Å². The monoisotopic (exact) mass is 366 g/mol. The van der Waals surface area contributed by atoms with E-state index >= 15 is 0 Å². The number of halogens is 2. The van der Waals surface area contributed by atoms with Crippen molar-refractivity contribution in [2.75, 3.05) is 5.32 Å². The number of anilines is 2. The third-order valence-corrected chi connectivity index (χ3v) is 4.43. The van der Waals surface area contributed by atoms with Gasteiger partial charge in [-0.2, -0.15) is 0 Å². The topological polar surface area (TPSA) is 53.6 Å². The highest BCUT2D eigenvalue weighted by molar-refractivity contribution is 6.30. The van der Waals surface area contributed by atoms with Gasteiger partial charge in [0.25, 0.3) is 0 Å². The summed E-state index contributed by atoms with van der Waals surface area (Å²) in [6.07, 6.45) is 3.24. The summed E-state index contributed by atoms with van der Waals surface area (Å²) in [7, 11) is 0. The number of H-pyrrole nitrogens is 1. The molecule has 4 aromatic rings. The fourth-order valence-electron chi connectivity index (χ4n) is 2.87. The van der Waals surface area contributed by atoms with E-state index in [4.69, 9.17) is 11.6 Å². The van der Waals surface area contributed by atoms with Gasteiger partial charge in [-0.1, -0.05) is 41.9 Å². The van der Waals surface area contributed by atoms with E-state index in [1.54, 1.807) is 12.1 Å². The Morgan fingerprint density at radius 3 is 2.65 bits per heavy atom. The highest BCUT2D eigenvalue weighted by Gasteiger charge is 2.11. The Morgan fingerprint density at radius 2 is 1.85 bits per heavy atom. The fourth-order valence-corrected chi connectivity index (χ4v) is 3.03.